The predicted molar refractivity (Wildman–Crippen MR) is 107 cm³/mol. The minimum atomic E-state index is -0.794. The number of likely N-dealkylation sites (tertiary alicyclic amines) is 1. The van der Waals surface area contributed by atoms with Gasteiger partial charge in [-0.25, -0.2) is 0 Å². The van der Waals surface area contributed by atoms with Crippen LogP contribution in [0, 0.1) is 16.0 Å². The van der Waals surface area contributed by atoms with Gasteiger partial charge in [0.1, 0.15) is 6.04 Å². The van der Waals surface area contributed by atoms with E-state index in [4.69, 9.17) is 4.74 Å². The topological polar surface area (TPSA) is 119 Å². The number of hydrogen-bond acceptors (Lipinski definition) is 7. The number of nitro groups is 1. The average molecular weight is 423 g/mol. The van der Waals surface area contributed by atoms with E-state index in [9.17, 15) is 24.5 Å². The summed E-state index contributed by atoms with van der Waals surface area (Å²) in [6.07, 6.45) is 1.34. The Labute approximate surface area is 173 Å². The van der Waals surface area contributed by atoms with E-state index in [-0.39, 0.29) is 48.3 Å². The van der Waals surface area contributed by atoms with E-state index >= 15 is 0 Å². The molecule has 2 unspecified atom stereocenters. The van der Waals surface area contributed by atoms with Gasteiger partial charge in [-0.1, -0.05) is 6.07 Å². The Kier molecular flexibility index (Phi) is 8.44. The van der Waals surface area contributed by atoms with E-state index in [0.717, 1.165) is 0 Å². The Hall–Kier alpha value is -2.62. The van der Waals surface area contributed by atoms with Gasteiger partial charge in [-0.2, -0.15) is 0 Å². The van der Waals surface area contributed by atoms with Gasteiger partial charge >= 0.3 is 5.97 Å². The van der Waals surface area contributed by atoms with Crippen molar-refractivity contribution < 1.29 is 24.0 Å². The molecule has 0 radical (unpaired) electrons. The normalized spacial score (nSPS) is 17.3. The van der Waals surface area contributed by atoms with Crippen molar-refractivity contribution in [2.45, 2.75) is 37.6 Å². The molecular formula is C19H25N3O6S. The van der Waals surface area contributed by atoms with Crippen LogP contribution in [0.25, 0.3) is 0 Å². The number of ether oxygens (including phenoxy) is 1. The number of amides is 2. The summed E-state index contributed by atoms with van der Waals surface area (Å²) in [5.74, 6) is -1.07. The summed E-state index contributed by atoms with van der Waals surface area (Å²) in [4.78, 5) is 49.3. The molecule has 0 aliphatic carbocycles. The second-order valence-corrected chi connectivity index (χ2v) is 7.79. The molecule has 1 heterocycles. The molecule has 0 spiro atoms. The summed E-state index contributed by atoms with van der Waals surface area (Å²) < 4.78 is 5.06. The zero-order chi connectivity index (χ0) is 21.4. The lowest BCUT2D eigenvalue weighted by Gasteiger charge is -2.34. The molecule has 158 valence electrons. The van der Waals surface area contributed by atoms with Gasteiger partial charge in [0.2, 0.25) is 11.8 Å². The van der Waals surface area contributed by atoms with Gasteiger partial charge in [-0.15, -0.1) is 11.8 Å². The van der Waals surface area contributed by atoms with E-state index < -0.39 is 11.0 Å². The summed E-state index contributed by atoms with van der Waals surface area (Å²) in [6, 6.07) is 5.31. The van der Waals surface area contributed by atoms with Crippen LogP contribution in [0.5, 0.6) is 0 Å². The number of nitrogens with zero attached hydrogens (tertiary/aromatic N) is 2. The number of carbonyl (C=O) groups is 3. The quantitative estimate of drug-likeness (QED) is 0.294. The fourth-order valence-electron chi connectivity index (χ4n) is 3.14. The van der Waals surface area contributed by atoms with Gasteiger partial charge in [-0.3, -0.25) is 24.5 Å². The fourth-order valence-corrected chi connectivity index (χ4v) is 4.10. The highest BCUT2D eigenvalue weighted by Gasteiger charge is 2.33. The van der Waals surface area contributed by atoms with Crippen molar-refractivity contribution in [3.05, 3.63) is 34.4 Å². The Bertz CT molecular complexity index is 772. The maximum atomic E-state index is 13.0. The van der Waals surface area contributed by atoms with Crippen molar-refractivity contribution in [1.82, 2.24) is 10.2 Å². The Morgan fingerprint density at radius 1 is 1.41 bits per heavy atom. The molecule has 1 aromatic rings. The fraction of sp³-hybridized carbons (Fsp3) is 0.526. The standard InChI is InChI=1S/C19H25N3O6S/c1-3-28-19(25)14-6-5-9-21(11-14)18(24)17(20-13(2)23)12-29-16-8-4-7-15(10-16)22(26)27/h4,7-8,10,14,17H,3,5-6,9,11-12H2,1-2H3,(H,20,23). The molecular weight excluding hydrogens is 398 g/mol. The van der Waals surface area contributed by atoms with Crippen molar-refractivity contribution in [2.24, 2.45) is 5.92 Å². The smallest absolute Gasteiger partial charge is 0.310 e. The van der Waals surface area contributed by atoms with E-state index in [1.54, 1.807) is 24.0 Å². The van der Waals surface area contributed by atoms with E-state index in [1.807, 2.05) is 0 Å². The van der Waals surface area contributed by atoms with Gasteiger partial charge < -0.3 is 15.0 Å². The highest BCUT2D eigenvalue weighted by atomic mass is 32.2. The minimum absolute atomic E-state index is 0.0364. The lowest BCUT2D eigenvalue weighted by molar-refractivity contribution is -0.385. The third-order valence-electron chi connectivity index (χ3n) is 4.47. The van der Waals surface area contributed by atoms with Crippen LogP contribution in [-0.2, 0) is 19.1 Å². The van der Waals surface area contributed by atoms with E-state index in [1.165, 1.54) is 30.8 Å². The first-order valence-electron chi connectivity index (χ1n) is 9.41. The number of nitrogens with one attached hydrogen (secondary N) is 1. The van der Waals surface area contributed by atoms with Crippen molar-refractivity contribution in [3.8, 4) is 0 Å². The predicted octanol–water partition coefficient (Wildman–Crippen LogP) is 1.99. The van der Waals surface area contributed by atoms with Crippen LogP contribution in [0.2, 0.25) is 0 Å². The zero-order valence-electron chi connectivity index (χ0n) is 16.5. The van der Waals surface area contributed by atoms with Gasteiger partial charge in [0.25, 0.3) is 5.69 Å². The number of carbonyl (C=O) groups excluding carboxylic acids is 3. The third kappa shape index (κ3) is 6.74. The number of benzene rings is 1. The lowest BCUT2D eigenvalue weighted by atomic mass is 9.97. The van der Waals surface area contributed by atoms with Gasteiger partial charge in [0.15, 0.2) is 0 Å². The molecule has 29 heavy (non-hydrogen) atoms. The molecule has 2 rings (SSSR count). The Morgan fingerprint density at radius 2 is 2.17 bits per heavy atom. The van der Waals surface area contributed by atoms with Crippen molar-refractivity contribution in [2.75, 3.05) is 25.4 Å². The van der Waals surface area contributed by atoms with Crippen LogP contribution in [0.1, 0.15) is 26.7 Å². The van der Waals surface area contributed by atoms with E-state index in [2.05, 4.69) is 5.32 Å². The summed E-state index contributed by atoms with van der Waals surface area (Å²) in [5.41, 5.74) is -0.0364. The van der Waals surface area contributed by atoms with Crippen LogP contribution >= 0.6 is 11.8 Å². The van der Waals surface area contributed by atoms with Crippen molar-refractivity contribution in [3.63, 3.8) is 0 Å². The van der Waals surface area contributed by atoms with Gasteiger partial charge in [-0.05, 0) is 25.8 Å². The Balaban J connectivity index is 2.05. The number of hydrogen-bond donors (Lipinski definition) is 1. The highest BCUT2D eigenvalue weighted by molar-refractivity contribution is 7.99. The molecule has 1 saturated heterocycles. The molecule has 9 nitrogen and oxygen atoms in total. The summed E-state index contributed by atoms with van der Waals surface area (Å²) in [6.45, 7) is 4.12. The van der Waals surface area contributed by atoms with Gasteiger partial charge in [0.05, 0.1) is 17.4 Å². The zero-order valence-corrected chi connectivity index (χ0v) is 17.3. The minimum Gasteiger partial charge on any atom is -0.466 e. The van der Waals surface area contributed by atoms with Crippen molar-refractivity contribution in [1.29, 1.82) is 0 Å². The maximum absolute atomic E-state index is 13.0. The molecule has 2 amide bonds. The second-order valence-electron chi connectivity index (χ2n) is 6.69. The lowest BCUT2D eigenvalue weighted by Crippen LogP contribution is -2.52. The number of thioether (sulfide) groups is 1. The van der Waals surface area contributed by atoms with Gasteiger partial charge in [0, 0.05) is 42.8 Å². The second kappa shape index (κ2) is 10.8. The molecule has 0 bridgehead atoms. The number of esters is 1. The van der Waals surface area contributed by atoms with Crippen LogP contribution in [0.4, 0.5) is 5.69 Å². The molecule has 1 aliphatic heterocycles. The first-order chi connectivity index (χ1) is 13.8. The van der Waals surface area contributed by atoms with Crippen LogP contribution < -0.4 is 5.32 Å². The van der Waals surface area contributed by atoms with E-state index in [0.29, 0.717) is 24.3 Å². The monoisotopic (exact) mass is 423 g/mol. The molecule has 10 heteroatoms. The molecule has 1 fully saturated rings. The maximum Gasteiger partial charge on any atom is 0.310 e. The summed E-state index contributed by atoms with van der Waals surface area (Å²) in [7, 11) is 0. The number of nitro benzene ring substituents is 1. The van der Waals surface area contributed by atoms with Crippen LogP contribution in [0.15, 0.2) is 29.2 Å². The first kappa shape index (κ1) is 22.7. The number of non-ortho nitro benzene ring substituents is 1. The molecule has 1 N–H and O–H groups in total. The van der Waals surface area contributed by atoms with Crippen molar-refractivity contribution >= 4 is 35.2 Å². The third-order valence-corrected chi connectivity index (χ3v) is 5.56. The number of rotatable bonds is 8. The SMILES string of the molecule is CCOC(=O)C1CCCN(C(=O)C(CSc2cccc([N+](=O)[O-])c2)NC(C)=O)C1. The first-order valence-corrected chi connectivity index (χ1v) is 10.4. The van der Waals surface area contributed by atoms with Crippen LogP contribution in [0.3, 0.4) is 0 Å². The Morgan fingerprint density at radius 3 is 2.83 bits per heavy atom. The highest BCUT2D eigenvalue weighted by Crippen LogP contribution is 2.25. The van der Waals surface area contributed by atoms with Crippen LogP contribution in [-0.4, -0.2) is 59.1 Å². The molecule has 0 aromatic heterocycles. The average Bonchev–Trinajstić information content (AvgIpc) is 2.70. The number of piperidine rings is 1. The summed E-state index contributed by atoms with van der Waals surface area (Å²) in [5, 5.41) is 13.6. The molecule has 2 atom stereocenters. The molecule has 0 saturated carbocycles. The largest absolute Gasteiger partial charge is 0.466 e. The summed E-state index contributed by atoms with van der Waals surface area (Å²) >= 11 is 1.25. The molecule has 1 aromatic carbocycles. The molecule has 1 aliphatic rings.